The number of ether oxygens (including phenoxy) is 1. The molecule has 0 saturated carbocycles. The Balaban J connectivity index is 1.53. The van der Waals surface area contributed by atoms with Crippen LogP contribution in [0.5, 0.6) is 11.6 Å². The summed E-state index contributed by atoms with van der Waals surface area (Å²) in [4.78, 5) is 40.4. The summed E-state index contributed by atoms with van der Waals surface area (Å²) in [6.45, 7) is 4.39. The minimum Gasteiger partial charge on any atom is -0.439 e. The number of nitrogens with two attached hydrogens (primary N) is 1. The maximum Gasteiger partial charge on any atom is 0.335 e. The molecule has 4 aromatic rings. The largest absolute Gasteiger partial charge is 0.439 e. The SMILES string of the molecule is CC#CC(=O)N1CCC(n2c(=O)n(-c3ccc(Oc4cccc(C)n4)cc3)c3c(N)ncnc32)C1. The lowest BCUT2D eigenvalue weighted by Gasteiger charge is -2.14. The Morgan fingerprint density at radius 2 is 1.97 bits per heavy atom. The third-order valence-electron chi connectivity index (χ3n) is 5.91. The molecule has 1 unspecified atom stereocenters. The lowest BCUT2D eigenvalue weighted by atomic mass is 10.2. The van der Waals surface area contributed by atoms with Gasteiger partial charge in [-0.1, -0.05) is 12.0 Å². The van der Waals surface area contributed by atoms with Crippen molar-refractivity contribution in [3.8, 4) is 29.2 Å². The minimum absolute atomic E-state index is 0.193. The van der Waals surface area contributed by atoms with Gasteiger partial charge in [0.2, 0.25) is 5.88 Å². The van der Waals surface area contributed by atoms with Gasteiger partial charge in [-0.3, -0.25) is 13.9 Å². The number of hydrogen-bond acceptors (Lipinski definition) is 7. The maximum atomic E-state index is 13.7. The topological polar surface area (TPSA) is 121 Å². The number of imidazole rings is 1. The second-order valence-electron chi connectivity index (χ2n) is 8.20. The van der Waals surface area contributed by atoms with E-state index in [-0.39, 0.29) is 23.5 Å². The molecule has 3 aromatic heterocycles. The Morgan fingerprint density at radius 1 is 1.17 bits per heavy atom. The lowest BCUT2D eigenvalue weighted by molar-refractivity contribution is -0.124. The van der Waals surface area contributed by atoms with E-state index in [0.29, 0.717) is 48.0 Å². The molecule has 1 aliphatic heterocycles. The van der Waals surface area contributed by atoms with Crippen molar-refractivity contribution in [3.63, 3.8) is 0 Å². The molecule has 176 valence electrons. The number of benzene rings is 1. The molecule has 1 fully saturated rings. The minimum atomic E-state index is -0.304. The van der Waals surface area contributed by atoms with E-state index >= 15 is 0 Å². The van der Waals surface area contributed by atoms with Crippen LogP contribution in [0.15, 0.2) is 53.6 Å². The van der Waals surface area contributed by atoms with Crippen LogP contribution >= 0.6 is 0 Å². The van der Waals surface area contributed by atoms with Gasteiger partial charge in [0, 0.05) is 24.8 Å². The van der Waals surface area contributed by atoms with Gasteiger partial charge >= 0.3 is 5.69 Å². The van der Waals surface area contributed by atoms with E-state index < -0.39 is 0 Å². The van der Waals surface area contributed by atoms with Crippen molar-refractivity contribution in [2.45, 2.75) is 26.3 Å². The van der Waals surface area contributed by atoms with E-state index in [0.717, 1.165) is 5.69 Å². The third kappa shape index (κ3) is 4.08. The number of fused-ring (bicyclic) bond motifs is 1. The predicted molar refractivity (Wildman–Crippen MR) is 130 cm³/mol. The molecule has 1 saturated heterocycles. The van der Waals surface area contributed by atoms with E-state index in [4.69, 9.17) is 10.5 Å². The second-order valence-corrected chi connectivity index (χ2v) is 8.20. The number of pyridine rings is 1. The summed E-state index contributed by atoms with van der Waals surface area (Å²) < 4.78 is 8.92. The summed E-state index contributed by atoms with van der Waals surface area (Å²) >= 11 is 0. The molecular weight excluding hydrogens is 446 g/mol. The number of likely N-dealkylation sites (tertiary alicyclic amines) is 1. The fourth-order valence-corrected chi connectivity index (χ4v) is 4.32. The van der Waals surface area contributed by atoms with Crippen LogP contribution in [0.1, 0.15) is 25.1 Å². The standard InChI is InChI=1S/C25H23N7O3/c1-3-5-21(33)30-13-12-18(14-30)32-24-22(23(26)27-15-28-24)31(25(32)34)17-8-10-19(11-9-17)35-20-7-4-6-16(2)29-20/h4,6-11,15,18H,12-14H2,1-2H3,(H2,26,27,28). The second kappa shape index (κ2) is 8.95. The fourth-order valence-electron chi connectivity index (χ4n) is 4.32. The van der Waals surface area contributed by atoms with E-state index in [2.05, 4.69) is 26.8 Å². The predicted octanol–water partition coefficient (Wildman–Crippen LogP) is 2.46. The van der Waals surface area contributed by atoms with Crippen molar-refractivity contribution in [2.24, 2.45) is 0 Å². The number of rotatable bonds is 4. The number of aromatic nitrogens is 5. The fraction of sp³-hybridized carbons (Fsp3) is 0.240. The number of carbonyl (C=O) groups excluding carboxylic acids is 1. The molecule has 0 radical (unpaired) electrons. The van der Waals surface area contributed by atoms with E-state index in [1.165, 1.54) is 10.9 Å². The summed E-state index contributed by atoms with van der Waals surface area (Å²) in [7, 11) is 0. The van der Waals surface area contributed by atoms with Crippen molar-refractivity contribution < 1.29 is 9.53 Å². The van der Waals surface area contributed by atoms with Crippen LogP contribution in [0.4, 0.5) is 5.82 Å². The van der Waals surface area contributed by atoms with Gasteiger partial charge < -0.3 is 15.4 Å². The number of aryl methyl sites for hydroxylation is 1. The average molecular weight is 470 g/mol. The van der Waals surface area contributed by atoms with Gasteiger partial charge in [-0.25, -0.2) is 19.7 Å². The highest BCUT2D eigenvalue weighted by Gasteiger charge is 2.31. The van der Waals surface area contributed by atoms with Gasteiger partial charge in [0.25, 0.3) is 5.91 Å². The highest BCUT2D eigenvalue weighted by atomic mass is 16.5. The summed E-state index contributed by atoms with van der Waals surface area (Å²) in [5.41, 5.74) is 8.18. The summed E-state index contributed by atoms with van der Waals surface area (Å²) in [5, 5.41) is 0. The molecule has 1 amide bonds. The van der Waals surface area contributed by atoms with Gasteiger partial charge in [-0.05, 0) is 56.5 Å². The van der Waals surface area contributed by atoms with Crippen molar-refractivity contribution in [1.82, 2.24) is 29.0 Å². The Hall–Kier alpha value is -4.65. The van der Waals surface area contributed by atoms with Crippen LogP contribution in [0.2, 0.25) is 0 Å². The first kappa shape index (κ1) is 22.2. The van der Waals surface area contributed by atoms with Crippen molar-refractivity contribution in [1.29, 1.82) is 0 Å². The van der Waals surface area contributed by atoms with E-state index in [9.17, 15) is 9.59 Å². The zero-order valence-corrected chi connectivity index (χ0v) is 19.3. The van der Waals surface area contributed by atoms with Gasteiger partial charge in [0.05, 0.1) is 11.7 Å². The number of nitrogen functional groups attached to an aromatic ring is 1. The Morgan fingerprint density at radius 3 is 2.71 bits per heavy atom. The molecule has 10 nitrogen and oxygen atoms in total. The van der Waals surface area contributed by atoms with Gasteiger partial charge in [-0.2, -0.15) is 0 Å². The molecule has 0 aliphatic carbocycles. The zero-order valence-electron chi connectivity index (χ0n) is 19.3. The molecule has 0 spiro atoms. The van der Waals surface area contributed by atoms with Crippen LogP contribution in [-0.2, 0) is 4.79 Å². The number of nitrogens with zero attached hydrogens (tertiary/aromatic N) is 6. The Labute approximate surface area is 201 Å². The lowest BCUT2D eigenvalue weighted by Crippen LogP contribution is -2.31. The molecule has 10 heteroatoms. The third-order valence-corrected chi connectivity index (χ3v) is 5.91. The van der Waals surface area contributed by atoms with Gasteiger partial charge in [0.15, 0.2) is 11.5 Å². The van der Waals surface area contributed by atoms with Crippen molar-refractivity contribution in [2.75, 3.05) is 18.8 Å². The molecule has 1 aliphatic rings. The number of anilines is 1. The molecule has 1 atom stereocenters. The van der Waals surface area contributed by atoms with Crippen LogP contribution in [-0.4, -0.2) is 48.0 Å². The molecule has 1 aromatic carbocycles. The maximum absolute atomic E-state index is 13.7. The quantitative estimate of drug-likeness (QED) is 0.456. The summed E-state index contributed by atoms with van der Waals surface area (Å²) in [6.07, 6.45) is 1.94. The molecule has 35 heavy (non-hydrogen) atoms. The monoisotopic (exact) mass is 469 g/mol. The van der Waals surface area contributed by atoms with Gasteiger partial charge in [0.1, 0.15) is 17.6 Å². The highest BCUT2D eigenvalue weighted by molar-refractivity contribution is 5.93. The molecule has 0 bridgehead atoms. The average Bonchev–Trinajstić information content (AvgIpc) is 3.43. The van der Waals surface area contributed by atoms with Crippen molar-refractivity contribution in [3.05, 3.63) is 65.0 Å². The van der Waals surface area contributed by atoms with Gasteiger partial charge in [-0.15, -0.1) is 0 Å². The van der Waals surface area contributed by atoms with Crippen LogP contribution in [0.3, 0.4) is 0 Å². The molecule has 2 N–H and O–H groups in total. The first-order valence-electron chi connectivity index (χ1n) is 11.1. The first-order valence-corrected chi connectivity index (χ1v) is 11.1. The van der Waals surface area contributed by atoms with Crippen LogP contribution in [0, 0.1) is 18.8 Å². The Bertz CT molecular complexity index is 1540. The smallest absolute Gasteiger partial charge is 0.335 e. The highest BCUT2D eigenvalue weighted by Crippen LogP contribution is 2.28. The normalized spacial score (nSPS) is 15.1. The number of carbonyl (C=O) groups is 1. The summed E-state index contributed by atoms with van der Waals surface area (Å²) in [5.74, 6) is 6.19. The van der Waals surface area contributed by atoms with Crippen LogP contribution < -0.4 is 16.2 Å². The Kier molecular flexibility index (Phi) is 5.66. The number of hydrogen-bond donors (Lipinski definition) is 1. The zero-order chi connectivity index (χ0) is 24.5. The molecular formula is C25H23N7O3. The van der Waals surface area contributed by atoms with Crippen LogP contribution in [0.25, 0.3) is 16.9 Å². The van der Waals surface area contributed by atoms with E-state index in [1.54, 1.807) is 46.7 Å². The summed E-state index contributed by atoms with van der Waals surface area (Å²) in [6, 6.07) is 12.3. The number of amides is 1. The first-order chi connectivity index (χ1) is 17.0. The van der Waals surface area contributed by atoms with Crippen molar-refractivity contribution >= 4 is 22.9 Å². The molecule has 4 heterocycles. The van der Waals surface area contributed by atoms with E-state index in [1.807, 2.05) is 19.1 Å². The molecule has 5 rings (SSSR count).